The molecule has 7 heteroatoms. The lowest BCUT2D eigenvalue weighted by Gasteiger charge is -2.19. The molecule has 2 N–H and O–H groups in total. The second-order valence-corrected chi connectivity index (χ2v) is 5.28. The first-order valence-electron chi connectivity index (χ1n) is 8.25. The van der Waals surface area contributed by atoms with Gasteiger partial charge in [-0.2, -0.15) is 0 Å². The quantitative estimate of drug-likeness (QED) is 0.825. The van der Waals surface area contributed by atoms with Crippen molar-refractivity contribution in [2.24, 2.45) is 0 Å². The van der Waals surface area contributed by atoms with Crippen LogP contribution in [0.5, 0.6) is 5.75 Å². The van der Waals surface area contributed by atoms with Crippen molar-refractivity contribution in [3.8, 4) is 5.75 Å². The van der Waals surface area contributed by atoms with Crippen LogP contribution in [-0.2, 0) is 23.7 Å². The third-order valence-corrected chi connectivity index (χ3v) is 3.32. The normalized spacial score (nSPS) is 22.2. The van der Waals surface area contributed by atoms with Gasteiger partial charge in [-0.3, -0.25) is 0 Å². The predicted octanol–water partition coefficient (Wildman–Crippen LogP) is 1.11. The third kappa shape index (κ3) is 8.47. The van der Waals surface area contributed by atoms with Gasteiger partial charge in [-0.25, -0.2) is 0 Å². The topological polar surface area (TPSA) is 81.4 Å². The molecule has 1 heterocycles. The van der Waals surface area contributed by atoms with Crippen LogP contribution in [0, 0.1) is 0 Å². The van der Waals surface area contributed by atoms with Gasteiger partial charge < -0.3 is 34.2 Å². The van der Waals surface area contributed by atoms with Gasteiger partial charge in [-0.05, 0) is 24.3 Å². The van der Waals surface area contributed by atoms with E-state index in [0.717, 1.165) is 5.75 Å². The molecule has 0 saturated carbocycles. The van der Waals surface area contributed by atoms with Crippen LogP contribution in [0.1, 0.15) is 0 Å². The summed E-state index contributed by atoms with van der Waals surface area (Å²) in [4.78, 5) is 0. The SMILES string of the molecule is Nc1ccc(OCC2COCCOCCOCCOCCO2)cc1. The Morgan fingerprint density at radius 2 is 1.33 bits per heavy atom. The fourth-order valence-corrected chi connectivity index (χ4v) is 2.05. The predicted molar refractivity (Wildman–Crippen MR) is 89.4 cm³/mol. The summed E-state index contributed by atoms with van der Waals surface area (Å²) in [6, 6.07) is 7.27. The molecule has 1 atom stereocenters. The molecule has 1 aliphatic rings. The van der Waals surface area contributed by atoms with Crippen molar-refractivity contribution < 1.29 is 28.4 Å². The van der Waals surface area contributed by atoms with Crippen molar-refractivity contribution in [1.29, 1.82) is 0 Å². The van der Waals surface area contributed by atoms with Gasteiger partial charge in [-0.1, -0.05) is 0 Å². The van der Waals surface area contributed by atoms with Crippen molar-refractivity contribution in [1.82, 2.24) is 0 Å². The average molecular weight is 341 g/mol. The van der Waals surface area contributed by atoms with E-state index in [0.29, 0.717) is 71.8 Å². The highest BCUT2D eigenvalue weighted by Crippen LogP contribution is 2.13. The fraction of sp³-hybridized carbons (Fsp3) is 0.647. The molecule has 24 heavy (non-hydrogen) atoms. The van der Waals surface area contributed by atoms with E-state index in [-0.39, 0.29) is 6.10 Å². The maximum atomic E-state index is 5.78. The summed E-state index contributed by atoms with van der Waals surface area (Å²) in [5, 5.41) is 0. The van der Waals surface area contributed by atoms with E-state index in [1.54, 1.807) is 12.1 Å². The van der Waals surface area contributed by atoms with Gasteiger partial charge >= 0.3 is 0 Å². The maximum Gasteiger partial charge on any atom is 0.119 e. The third-order valence-electron chi connectivity index (χ3n) is 3.32. The van der Waals surface area contributed by atoms with E-state index in [1.165, 1.54) is 0 Å². The van der Waals surface area contributed by atoms with Gasteiger partial charge in [-0.15, -0.1) is 0 Å². The zero-order valence-corrected chi connectivity index (χ0v) is 14.0. The highest BCUT2D eigenvalue weighted by Gasteiger charge is 2.11. The first-order valence-corrected chi connectivity index (χ1v) is 8.25. The van der Waals surface area contributed by atoms with E-state index in [4.69, 9.17) is 34.2 Å². The number of ether oxygens (including phenoxy) is 6. The van der Waals surface area contributed by atoms with Crippen molar-refractivity contribution in [3.05, 3.63) is 24.3 Å². The fourth-order valence-electron chi connectivity index (χ4n) is 2.05. The highest BCUT2D eigenvalue weighted by molar-refractivity contribution is 5.41. The highest BCUT2D eigenvalue weighted by atomic mass is 16.6. The molecule has 1 unspecified atom stereocenters. The van der Waals surface area contributed by atoms with Gasteiger partial charge in [0.25, 0.3) is 0 Å². The zero-order chi connectivity index (χ0) is 16.9. The summed E-state index contributed by atoms with van der Waals surface area (Å²) in [5.74, 6) is 0.750. The van der Waals surface area contributed by atoms with Crippen LogP contribution >= 0.6 is 0 Å². The molecule has 1 saturated heterocycles. The Morgan fingerprint density at radius 1 is 0.792 bits per heavy atom. The maximum absolute atomic E-state index is 5.78. The van der Waals surface area contributed by atoms with Gasteiger partial charge in [0.1, 0.15) is 18.5 Å². The number of anilines is 1. The van der Waals surface area contributed by atoms with Crippen LogP contribution in [0.3, 0.4) is 0 Å². The van der Waals surface area contributed by atoms with Crippen molar-refractivity contribution in [2.45, 2.75) is 6.10 Å². The Kier molecular flexibility index (Phi) is 9.52. The molecular formula is C17H27NO6. The average Bonchev–Trinajstić information content (AvgIpc) is 2.61. The van der Waals surface area contributed by atoms with Gasteiger partial charge in [0, 0.05) is 5.69 Å². The lowest BCUT2D eigenvalue weighted by molar-refractivity contribution is -0.0606. The molecule has 1 fully saturated rings. The summed E-state index contributed by atoms with van der Waals surface area (Å²) in [6.07, 6.45) is -0.174. The van der Waals surface area contributed by atoms with Crippen LogP contribution in [0.25, 0.3) is 0 Å². The van der Waals surface area contributed by atoms with Gasteiger partial charge in [0.05, 0.1) is 59.5 Å². The van der Waals surface area contributed by atoms with Crippen LogP contribution in [0.15, 0.2) is 24.3 Å². The number of hydrogen-bond donors (Lipinski definition) is 1. The molecule has 0 bridgehead atoms. The molecule has 136 valence electrons. The van der Waals surface area contributed by atoms with Crippen LogP contribution in [0.4, 0.5) is 5.69 Å². The molecule has 0 amide bonds. The minimum Gasteiger partial charge on any atom is -0.491 e. The second kappa shape index (κ2) is 12.0. The second-order valence-electron chi connectivity index (χ2n) is 5.28. The molecule has 2 rings (SSSR count). The summed E-state index contributed by atoms with van der Waals surface area (Å²) in [7, 11) is 0. The molecule has 1 aliphatic heterocycles. The number of nitrogen functional groups attached to an aromatic ring is 1. The number of nitrogens with two attached hydrogens (primary N) is 1. The Hall–Kier alpha value is -1.38. The number of hydrogen-bond acceptors (Lipinski definition) is 7. The Balaban J connectivity index is 1.74. The summed E-state index contributed by atoms with van der Waals surface area (Å²) >= 11 is 0. The lowest BCUT2D eigenvalue weighted by atomic mass is 10.3. The van der Waals surface area contributed by atoms with Crippen molar-refractivity contribution >= 4 is 5.69 Å². The van der Waals surface area contributed by atoms with Crippen LogP contribution < -0.4 is 10.5 Å². The Labute approximate surface area is 142 Å². The molecule has 7 nitrogen and oxygen atoms in total. The summed E-state index contributed by atoms with van der Waals surface area (Å²) in [5.41, 5.74) is 6.37. The Morgan fingerprint density at radius 3 is 1.96 bits per heavy atom. The smallest absolute Gasteiger partial charge is 0.119 e. The van der Waals surface area contributed by atoms with Crippen LogP contribution in [0.2, 0.25) is 0 Å². The largest absolute Gasteiger partial charge is 0.491 e. The van der Waals surface area contributed by atoms with Crippen molar-refractivity contribution in [3.63, 3.8) is 0 Å². The van der Waals surface area contributed by atoms with Crippen molar-refractivity contribution in [2.75, 3.05) is 71.8 Å². The van der Waals surface area contributed by atoms with E-state index in [9.17, 15) is 0 Å². The van der Waals surface area contributed by atoms with Crippen LogP contribution in [-0.4, -0.2) is 72.2 Å². The molecule has 1 aromatic rings. The molecule has 0 radical (unpaired) electrons. The summed E-state index contributed by atoms with van der Waals surface area (Å²) in [6.45, 7) is 5.11. The zero-order valence-electron chi connectivity index (χ0n) is 14.0. The van der Waals surface area contributed by atoms with E-state index < -0.39 is 0 Å². The molecule has 1 aromatic carbocycles. The van der Waals surface area contributed by atoms with Gasteiger partial charge in [0.15, 0.2) is 0 Å². The number of benzene rings is 1. The first-order chi connectivity index (χ1) is 11.8. The molecule has 0 aliphatic carbocycles. The monoisotopic (exact) mass is 341 g/mol. The van der Waals surface area contributed by atoms with E-state index >= 15 is 0 Å². The van der Waals surface area contributed by atoms with E-state index in [1.807, 2.05) is 12.1 Å². The molecular weight excluding hydrogens is 314 g/mol. The minimum atomic E-state index is -0.174. The standard InChI is InChI=1S/C17H27NO6/c18-15-1-3-16(4-2-15)24-14-17-13-22-10-9-20-6-5-19-7-8-21-11-12-23-17/h1-4,17H,5-14,18H2. The minimum absolute atomic E-state index is 0.174. The van der Waals surface area contributed by atoms with E-state index in [2.05, 4.69) is 0 Å². The Bertz CT molecular complexity index is 412. The number of rotatable bonds is 3. The molecule has 0 spiro atoms. The molecule has 0 aromatic heterocycles. The first kappa shape index (κ1) is 19.0. The van der Waals surface area contributed by atoms with Gasteiger partial charge in [0.2, 0.25) is 0 Å². The summed E-state index contributed by atoms with van der Waals surface area (Å²) < 4.78 is 33.3. The lowest BCUT2D eigenvalue weighted by Crippen LogP contribution is -2.29.